The third kappa shape index (κ3) is 3.91. The van der Waals surface area contributed by atoms with Crippen LogP contribution in [0.4, 0.5) is 0 Å². The van der Waals surface area contributed by atoms with E-state index in [4.69, 9.17) is 0 Å². The smallest absolute Gasteiger partial charge is 0.0286 e. The first kappa shape index (κ1) is 13.7. The maximum atomic E-state index is 3.63. The van der Waals surface area contributed by atoms with Crippen LogP contribution in [0.1, 0.15) is 46.5 Å². The van der Waals surface area contributed by atoms with Crippen molar-refractivity contribution in [3.63, 3.8) is 0 Å². The van der Waals surface area contributed by atoms with Crippen molar-refractivity contribution in [2.24, 2.45) is 0 Å². The zero-order valence-electron chi connectivity index (χ0n) is 11.2. The molecule has 0 radical (unpaired) electrons. The molecule has 16 heavy (non-hydrogen) atoms. The van der Waals surface area contributed by atoms with E-state index in [1.54, 1.807) is 0 Å². The van der Waals surface area contributed by atoms with Crippen molar-refractivity contribution in [1.29, 1.82) is 0 Å². The van der Waals surface area contributed by atoms with Crippen LogP contribution in [0, 0.1) is 0 Å². The number of hydrogen-bond acceptors (Lipinski definition) is 2. The molecule has 0 aromatic carbocycles. The number of nitrogens with zero attached hydrogens (tertiary/aromatic N) is 1. The molecule has 0 aromatic rings. The van der Waals surface area contributed by atoms with Gasteiger partial charge in [-0.25, -0.2) is 0 Å². The second kappa shape index (κ2) is 7.86. The molecule has 1 N–H and O–H groups in total. The molecule has 1 aliphatic carbocycles. The summed E-state index contributed by atoms with van der Waals surface area (Å²) in [7, 11) is 0. The van der Waals surface area contributed by atoms with Crippen LogP contribution < -0.4 is 5.32 Å². The van der Waals surface area contributed by atoms with E-state index in [-0.39, 0.29) is 0 Å². The van der Waals surface area contributed by atoms with Crippen molar-refractivity contribution in [3.8, 4) is 0 Å². The second-order valence-electron chi connectivity index (χ2n) is 4.66. The summed E-state index contributed by atoms with van der Waals surface area (Å²) in [6.45, 7) is 10.3. The Morgan fingerprint density at radius 1 is 1.19 bits per heavy atom. The van der Waals surface area contributed by atoms with Gasteiger partial charge in [-0.05, 0) is 38.9 Å². The molecule has 0 fully saturated rings. The molecule has 94 valence electrons. The fourth-order valence-electron chi connectivity index (χ4n) is 2.60. The van der Waals surface area contributed by atoms with Gasteiger partial charge in [0.25, 0.3) is 0 Å². The van der Waals surface area contributed by atoms with Gasteiger partial charge in [-0.2, -0.15) is 0 Å². The first-order valence-electron chi connectivity index (χ1n) is 6.95. The average molecular weight is 224 g/mol. The quantitative estimate of drug-likeness (QED) is 0.669. The van der Waals surface area contributed by atoms with Gasteiger partial charge in [0.05, 0.1) is 0 Å². The highest BCUT2D eigenvalue weighted by molar-refractivity contribution is 5.01. The van der Waals surface area contributed by atoms with Gasteiger partial charge in [0, 0.05) is 12.1 Å². The monoisotopic (exact) mass is 224 g/mol. The number of unbranched alkanes of at least 4 members (excludes halogenated alkanes) is 1. The lowest BCUT2D eigenvalue weighted by molar-refractivity contribution is 0.158. The number of nitrogens with one attached hydrogen (secondary N) is 1. The normalized spacial score (nSPS) is 25.2. The van der Waals surface area contributed by atoms with E-state index in [9.17, 15) is 0 Å². The fourth-order valence-corrected chi connectivity index (χ4v) is 2.60. The number of likely N-dealkylation sites (N-methyl/N-ethyl adjacent to an activating group) is 2. The van der Waals surface area contributed by atoms with Crippen LogP contribution in [0.5, 0.6) is 0 Å². The minimum Gasteiger partial charge on any atom is -0.312 e. The van der Waals surface area contributed by atoms with Gasteiger partial charge in [0.2, 0.25) is 0 Å². The lowest BCUT2D eigenvalue weighted by atomic mass is 9.94. The third-order valence-corrected chi connectivity index (χ3v) is 3.54. The summed E-state index contributed by atoms with van der Waals surface area (Å²) in [5, 5.41) is 3.63. The molecule has 2 heteroatoms. The van der Waals surface area contributed by atoms with E-state index in [0.29, 0.717) is 12.1 Å². The molecule has 1 rings (SSSR count). The lowest BCUT2D eigenvalue weighted by Gasteiger charge is -2.38. The summed E-state index contributed by atoms with van der Waals surface area (Å²) in [5.41, 5.74) is 0. The van der Waals surface area contributed by atoms with E-state index in [2.05, 4.69) is 43.1 Å². The Bertz CT molecular complexity index is 201. The first-order chi connectivity index (χ1) is 7.83. The Morgan fingerprint density at radius 3 is 2.56 bits per heavy atom. The third-order valence-electron chi connectivity index (χ3n) is 3.54. The Kier molecular flexibility index (Phi) is 6.74. The highest BCUT2D eigenvalue weighted by atomic mass is 15.2. The minimum absolute atomic E-state index is 0.659. The van der Waals surface area contributed by atoms with Gasteiger partial charge >= 0.3 is 0 Å². The standard InChI is InChI=1S/C14H28N2/c1-4-7-12-16(6-3)14-11-9-8-10-13(14)15-5-2/h8-9,13-15H,4-7,10-12H2,1-3H3. The van der Waals surface area contributed by atoms with Crippen LogP contribution in [0.25, 0.3) is 0 Å². The molecule has 1 aliphatic rings. The Balaban J connectivity index is 2.54. The summed E-state index contributed by atoms with van der Waals surface area (Å²) >= 11 is 0. The number of hydrogen-bond donors (Lipinski definition) is 1. The minimum atomic E-state index is 0.659. The highest BCUT2D eigenvalue weighted by Crippen LogP contribution is 2.18. The topological polar surface area (TPSA) is 15.3 Å². The zero-order chi connectivity index (χ0) is 11.8. The fraction of sp³-hybridized carbons (Fsp3) is 0.857. The van der Waals surface area contributed by atoms with Crippen molar-refractivity contribution in [2.75, 3.05) is 19.6 Å². The molecule has 0 aromatic heterocycles. The van der Waals surface area contributed by atoms with Gasteiger partial charge in [-0.3, -0.25) is 4.90 Å². The van der Waals surface area contributed by atoms with E-state index in [1.165, 1.54) is 38.8 Å². The molecule has 2 unspecified atom stereocenters. The van der Waals surface area contributed by atoms with E-state index < -0.39 is 0 Å². The van der Waals surface area contributed by atoms with Crippen LogP contribution in [0.3, 0.4) is 0 Å². The summed E-state index contributed by atoms with van der Waals surface area (Å²) in [6, 6.07) is 1.37. The van der Waals surface area contributed by atoms with Crippen LogP contribution >= 0.6 is 0 Å². The predicted molar refractivity (Wildman–Crippen MR) is 71.8 cm³/mol. The maximum Gasteiger partial charge on any atom is 0.0286 e. The summed E-state index contributed by atoms with van der Waals surface area (Å²) in [6.07, 6.45) is 9.72. The SMILES string of the molecule is CCCCN(CC)C1CC=CCC1NCC. The predicted octanol–water partition coefficient (Wildman–Crippen LogP) is 2.81. The Hall–Kier alpha value is -0.340. The van der Waals surface area contributed by atoms with Crippen molar-refractivity contribution in [3.05, 3.63) is 12.2 Å². The second-order valence-corrected chi connectivity index (χ2v) is 4.66. The van der Waals surface area contributed by atoms with E-state index in [1.807, 2.05) is 0 Å². The molecule has 2 nitrogen and oxygen atoms in total. The van der Waals surface area contributed by atoms with Crippen LogP contribution in [-0.4, -0.2) is 36.6 Å². The van der Waals surface area contributed by atoms with Crippen molar-refractivity contribution >= 4 is 0 Å². The van der Waals surface area contributed by atoms with Gasteiger partial charge in [0.1, 0.15) is 0 Å². The van der Waals surface area contributed by atoms with E-state index in [0.717, 1.165) is 6.54 Å². The molecular formula is C14H28N2. The molecule has 0 heterocycles. The van der Waals surface area contributed by atoms with Crippen molar-refractivity contribution in [2.45, 2.75) is 58.5 Å². The molecule has 0 saturated heterocycles. The average Bonchev–Trinajstić information content (AvgIpc) is 2.32. The Morgan fingerprint density at radius 2 is 1.94 bits per heavy atom. The van der Waals surface area contributed by atoms with Crippen LogP contribution in [0.2, 0.25) is 0 Å². The summed E-state index contributed by atoms with van der Waals surface area (Å²) < 4.78 is 0. The van der Waals surface area contributed by atoms with E-state index >= 15 is 0 Å². The molecule has 2 atom stereocenters. The van der Waals surface area contributed by atoms with Crippen molar-refractivity contribution < 1.29 is 0 Å². The molecular weight excluding hydrogens is 196 g/mol. The molecule has 0 bridgehead atoms. The first-order valence-corrected chi connectivity index (χ1v) is 6.95. The molecule has 0 saturated carbocycles. The maximum absolute atomic E-state index is 3.63. The number of rotatable bonds is 7. The molecule has 0 aliphatic heterocycles. The lowest BCUT2D eigenvalue weighted by Crippen LogP contribution is -2.51. The van der Waals surface area contributed by atoms with Gasteiger partial charge in [-0.1, -0.05) is 39.3 Å². The van der Waals surface area contributed by atoms with Crippen LogP contribution in [-0.2, 0) is 0 Å². The Labute approximate surface area is 101 Å². The summed E-state index contributed by atoms with van der Waals surface area (Å²) in [4.78, 5) is 2.65. The highest BCUT2D eigenvalue weighted by Gasteiger charge is 2.25. The molecule has 0 amide bonds. The largest absolute Gasteiger partial charge is 0.312 e. The van der Waals surface area contributed by atoms with Gasteiger partial charge < -0.3 is 5.32 Å². The van der Waals surface area contributed by atoms with Gasteiger partial charge in [0.15, 0.2) is 0 Å². The van der Waals surface area contributed by atoms with Crippen molar-refractivity contribution in [1.82, 2.24) is 10.2 Å². The van der Waals surface area contributed by atoms with Crippen LogP contribution in [0.15, 0.2) is 12.2 Å². The molecule has 0 spiro atoms. The zero-order valence-corrected chi connectivity index (χ0v) is 11.2. The van der Waals surface area contributed by atoms with Gasteiger partial charge in [-0.15, -0.1) is 0 Å². The summed E-state index contributed by atoms with van der Waals surface area (Å²) in [5.74, 6) is 0.